The fraction of sp³-hybridized carbons (Fsp3) is 0.750. The molecule has 0 radical (unpaired) electrons. The summed E-state index contributed by atoms with van der Waals surface area (Å²) in [7, 11) is 0. The minimum Gasteiger partial charge on any atom is -0.462 e. The summed E-state index contributed by atoms with van der Waals surface area (Å²) in [5, 5.41) is 17.0. The molecule has 0 aliphatic rings. The number of hydrogen-bond acceptors (Lipinski definition) is 2. The van der Waals surface area contributed by atoms with Gasteiger partial charge in [0.05, 0.1) is 0 Å². The molecule has 0 aromatic rings. The van der Waals surface area contributed by atoms with Crippen molar-refractivity contribution in [3.63, 3.8) is 0 Å². The Morgan fingerprint density at radius 1 is 1.40 bits per heavy atom. The molecule has 0 fully saturated rings. The van der Waals surface area contributed by atoms with Crippen LogP contribution in [0.1, 0.15) is 32.6 Å². The van der Waals surface area contributed by atoms with Crippen LogP contribution in [0.2, 0.25) is 0 Å². The van der Waals surface area contributed by atoms with Crippen LogP contribution in [0.5, 0.6) is 0 Å². The second-order valence-corrected chi connectivity index (χ2v) is 2.27. The van der Waals surface area contributed by atoms with E-state index in [0.29, 0.717) is 6.42 Å². The highest BCUT2D eigenvalue weighted by Crippen LogP contribution is 2.01. The van der Waals surface area contributed by atoms with E-state index in [4.69, 9.17) is 10.2 Å². The predicted octanol–water partition coefficient (Wildman–Crippen LogP) is 1.26. The van der Waals surface area contributed by atoms with Crippen LogP contribution in [-0.2, 0) is 0 Å². The van der Waals surface area contributed by atoms with E-state index in [9.17, 15) is 0 Å². The molecular formula is C8H14O2. The van der Waals surface area contributed by atoms with Gasteiger partial charge in [-0.2, -0.15) is 0 Å². The van der Waals surface area contributed by atoms with E-state index in [1.807, 2.05) is 0 Å². The zero-order valence-electron chi connectivity index (χ0n) is 6.30. The van der Waals surface area contributed by atoms with E-state index in [-0.39, 0.29) is 0 Å². The van der Waals surface area contributed by atoms with Crippen molar-refractivity contribution in [2.75, 3.05) is 0 Å². The topological polar surface area (TPSA) is 40.5 Å². The molecule has 0 aromatic carbocycles. The van der Waals surface area contributed by atoms with Crippen molar-refractivity contribution in [3.8, 4) is 12.0 Å². The molecule has 1 atom stereocenters. The summed E-state index contributed by atoms with van der Waals surface area (Å²) in [5.74, 6) is 2.27. The first kappa shape index (κ1) is 9.32. The van der Waals surface area contributed by atoms with E-state index < -0.39 is 6.10 Å². The van der Waals surface area contributed by atoms with Crippen molar-refractivity contribution in [1.29, 1.82) is 0 Å². The van der Waals surface area contributed by atoms with Gasteiger partial charge in [-0.25, -0.2) is 0 Å². The minimum absolute atomic E-state index is 0.642. The monoisotopic (exact) mass is 142 g/mol. The van der Waals surface area contributed by atoms with Crippen molar-refractivity contribution >= 4 is 0 Å². The maximum absolute atomic E-state index is 8.94. The lowest BCUT2D eigenvalue weighted by Gasteiger charge is -1.99. The minimum atomic E-state index is -0.642. The second-order valence-electron chi connectivity index (χ2n) is 2.27. The first-order valence-electron chi connectivity index (χ1n) is 3.64. The van der Waals surface area contributed by atoms with Gasteiger partial charge in [0.1, 0.15) is 12.2 Å². The van der Waals surface area contributed by atoms with Gasteiger partial charge in [0.2, 0.25) is 0 Å². The Kier molecular flexibility index (Phi) is 6.00. The molecule has 2 nitrogen and oxygen atoms in total. The Balaban J connectivity index is 3.18. The summed E-state index contributed by atoms with van der Waals surface area (Å²) in [5.41, 5.74) is 0. The molecule has 0 saturated heterocycles. The zero-order valence-corrected chi connectivity index (χ0v) is 6.30. The highest BCUT2D eigenvalue weighted by molar-refractivity contribution is 4.97. The summed E-state index contributed by atoms with van der Waals surface area (Å²) in [6, 6.07) is 0. The fourth-order valence-corrected chi connectivity index (χ4v) is 0.734. The van der Waals surface area contributed by atoms with E-state index in [2.05, 4.69) is 12.8 Å². The third kappa shape index (κ3) is 5.46. The predicted molar refractivity (Wildman–Crippen MR) is 39.9 cm³/mol. The van der Waals surface area contributed by atoms with Crippen LogP contribution in [0.3, 0.4) is 0 Å². The van der Waals surface area contributed by atoms with Gasteiger partial charge in [0.15, 0.2) is 0 Å². The molecule has 0 aromatic heterocycles. The van der Waals surface area contributed by atoms with Crippen molar-refractivity contribution in [2.24, 2.45) is 0 Å². The van der Waals surface area contributed by atoms with Crippen LogP contribution in [-0.4, -0.2) is 16.3 Å². The van der Waals surface area contributed by atoms with Crippen LogP contribution in [0, 0.1) is 12.0 Å². The smallest absolute Gasteiger partial charge is 0.118 e. The molecule has 2 N–H and O–H groups in total. The molecule has 0 aliphatic carbocycles. The van der Waals surface area contributed by atoms with Crippen molar-refractivity contribution in [3.05, 3.63) is 0 Å². The average Bonchev–Trinajstić information content (AvgIpc) is 1.89. The summed E-state index contributed by atoms with van der Waals surface area (Å²) in [6.45, 7) is 2.10. The first-order chi connectivity index (χ1) is 4.81. The Morgan fingerprint density at radius 3 is 2.60 bits per heavy atom. The summed E-state index contributed by atoms with van der Waals surface area (Å²) in [4.78, 5) is 0. The van der Waals surface area contributed by atoms with Gasteiger partial charge >= 0.3 is 0 Å². The quantitative estimate of drug-likeness (QED) is 0.458. The van der Waals surface area contributed by atoms with Gasteiger partial charge in [0, 0.05) is 0 Å². The Morgan fingerprint density at radius 2 is 2.10 bits per heavy atom. The zero-order chi connectivity index (χ0) is 7.82. The van der Waals surface area contributed by atoms with Gasteiger partial charge in [-0.1, -0.05) is 19.8 Å². The molecule has 0 rings (SSSR count). The van der Waals surface area contributed by atoms with E-state index in [1.54, 1.807) is 6.11 Å². The lowest BCUT2D eigenvalue weighted by atomic mass is 10.1. The fourth-order valence-electron chi connectivity index (χ4n) is 0.734. The van der Waals surface area contributed by atoms with E-state index in [0.717, 1.165) is 19.3 Å². The summed E-state index contributed by atoms with van der Waals surface area (Å²) in [6.07, 6.45) is 4.95. The van der Waals surface area contributed by atoms with Gasteiger partial charge in [-0.05, 0) is 18.8 Å². The summed E-state index contributed by atoms with van der Waals surface area (Å²) >= 11 is 0. The van der Waals surface area contributed by atoms with E-state index in [1.165, 1.54) is 0 Å². The molecule has 10 heavy (non-hydrogen) atoms. The maximum Gasteiger partial charge on any atom is 0.118 e. The van der Waals surface area contributed by atoms with Gasteiger partial charge in [0.25, 0.3) is 0 Å². The van der Waals surface area contributed by atoms with Gasteiger partial charge in [-0.3, -0.25) is 0 Å². The van der Waals surface area contributed by atoms with Crippen LogP contribution in [0.25, 0.3) is 0 Å². The number of aliphatic hydroxyl groups is 2. The lowest BCUT2D eigenvalue weighted by molar-refractivity contribution is 0.216. The molecule has 58 valence electrons. The van der Waals surface area contributed by atoms with E-state index >= 15 is 0 Å². The highest BCUT2D eigenvalue weighted by atomic mass is 16.3. The second kappa shape index (κ2) is 6.44. The number of unbranched alkanes of at least 4 members (excludes halogenated alkanes) is 2. The SMILES string of the molecule is CCCCCC(O)C#CO. The third-order valence-corrected chi connectivity index (χ3v) is 1.31. The first-order valence-corrected chi connectivity index (χ1v) is 3.64. The lowest BCUT2D eigenvalue weighted by Crippen LogP contribution is -2.01. The molecule has 0 saturated carbocycles. The average molecular weight is 142 g/mol. The number of aliphatic hydroxyl groups excluding tert-OH is 2. The molecule has 0 bridgehead atoms. The standard InChI is InChI=1S/C8H14O2/c1-2-3-4-5-8(10)6-7-9/h8-10H,2-5H2,1H3. The van der Waals surface area contributed by atoms with Crippen molar-refractivity contribution in [1.82, 2.24) is 0 Å². The highest BCUT2D eigenvalue weighted by Gasteiger charge is 1.96. The molecule has 0 amide bonds. The molecule has 0 spiro atoms. The Bertz CT molecular complexity index is 121. The van der Waals surface area contributed by atoms with Gasteiger partial charge < -0.3 is 10.2 Å². The maximum atomic E-state index is 8.94. The van der Waals surface area contributed by atoms with Crippen molar-refractivity contribution in [2.45, 2.75) is 38.7 Å². The third-order valence-electron chi connectivity index (χ3n) is 1.31. The summed E-state index contributed by atoms with van der Waals surface area (Å²) < 4.78 is 0. The Hall–Kier alpha value is -0.680. The van der Waals surface area contributed by atoms with Crippen LogP contribution in [0.4, 0.5) is 0 Å². The normalized spacial score (nSPS) is 11.8. The van der Waals surface area contributed by atoms with Gasteiger partial charge in [-0.15, -0.1) is 0 Å². The largest absolute Gasteiger partial charge is 0.462 e. The Labute approximate surface area is 61.9 Å². The molecule has 2 heteroatoms. The van der Waals surface area contributed by atoms with Crippen LogP contribution >= 0.6 is 0 Å². The van der Waals surface area contributed by atoms with Crippen LogP contribution < -0.4 is 0 Å². The van der Waals surface area contributed by atoms with Crippen molar-refractivity contribution < 1.29 is 10.2 Å². The van der Waals surface area contributed by atoms with Crippen LogP contribution in [0.15, 0.2) is 0 Å². The number of rotatable bonds is 4. The molecular weight excluding hydrogens is 128 g/mol. The molecule has 0 heterocycles. The number of hydrogen-bond donors (Lipinski definition) is 2. The molecule has 1 unspecified atom stereocenters. The molecule has 0 aliphatic heterocycles.